The van der Waals surface area contributed by atoms with E-state index in [0.717, 1.165) is 6.42 Å². The van der Waals surface area contributed by atoms with Crippen LogP contribution in [0.1, 0.15) is 12.8 Å². The Bertz CT molecular complexity index is 157. The van der Waals surface area contributed by atoms with Crippen molar-refractivity contribution in [2.75, 3.05) is 20.3 Å². The number of rotatable bonds is 2. The normalized spacial score (nSPS) is 29.8. The first kappa shape index (κ1) is 9.48. The van der Waals surface area contributed by atoms with Crippen LogP contribution in [0.4, 0.5) is 0 Å². The molecule has 0 aromatic rings. The molecule has 1 heterocycles. The second-order valence-corrected chi connectivity index (χ2v) is 2.97. The molecule has 1 N–H and O–H groups in total. The maximum absolute atomic E-state index is 10.9. The molecule has 0 unspecified atom stereocenters. The first-order valence-corrected chi connectivity index (χ1v) is 4.06. The topological polar surface area (TPSA) is 55.8 Å². The fourth-order valence-electron chi connectivity index (χ4n) is 1.30. The standard InChI is InChI=1S/C8H14O4/c1-11-8(10)4-6-2-3-12-5-7(6)9/h6-7,9H,2-5H2,1H3/t6-,7+/m1/s1. The minimum Gasteiger partial charge on any atom is -0.469 e. The Morgan fingerprint density at radius 1 is 1.75 bits per heavy atom. The van der Waals surface area contributed by atoms with Crippen molar-refractivity contribution >= 4 is 5.97 Å². The summed E-state index contributed by atoms with van der Waals surface area (Å²) in [5, 5.41) is 9.38. The number of carbonyl (C=O) groups is 1. The minimum atomic E-state index is -0.516. The first-order chi connectivity index (χ1) is 5.74. The summed E-state index contributed by atoms with van der Waals surface area (Å²) < 4.78 is 9.54. The molecule has 4 heteroatoms. The Morgan fingerprint density at radius 2 is 2.50 bits per heavy atom. The second-order valence-electron chi connectivity index (χ2n) is 2.97. The van der Waals surface area contributed by atoms with Crippen LogP contribution in [0.25, 0.3) is 0 Å². The highest BCUT2D eigenvalue weighted by Gasteiger charge is 2.25. The van der Waals surface area contributed by atoms with Crippen LogP contribution in [0.5, 0.6) is 0 Å². The highest BCUT2D eigenvalue weighted by Crippen LogP contribution is 2.19. The van der Waals surface area contributed by atoms with Crippen LogP contribution >= 0.6 is 0 Å². The Morgan fingerprint density at radius 3 is 3.08 bits per heavy atom. The van der Waals surface area contributed by atoms with E-state index in [9.17, 15) is 9.90 Å². The van der Waals surface area contributed by atoms with Crippen molar-refractivity contribution in [3.63, 3.8) is 0 Å². The average molecular weight is 174 g/mol. The van der Waals surface area contributed by atoms with Gasteiger partial charge in [0.15, 0.2) is 0 Å². The van der Waals surface area contributed by atoms with Crippen molar-refractivity contribution in [2.24, 2.45) is 5.92 Å². The smallest absolute Gasteiger partial charge is 0.305 e. The number of methoxy groups -OCH3 is 1. The van der Waals surface area contributed by atoms with E-state index in [2.05, 4.69) is 4.74 Å². The number of aliphatic hydroxyl groups is 1. The summed E-state index contributed by atoms with van der Waals surface area (Å²) in [5.41, 5.74) is 0. The highest BCUT2D eigenvalue weighted by molar-refractivity contribution is 5.69. The fraction of sp³-hybridized carbons (Fsp3) is 0.875. The van der Waals surface area contributed by atoms with Crippen molar-refractivity contribution in [1.29, 1.82) is 0 Å². The van der Waals surface area contributed by atoms with Gasteiger partial charge in [-0.1, -0.05) is 0 Å². The van der Waals surface area contributed by atoms with E-state index in [0.29, 0.717) is 19.6 Å². The molecule has 0 aliphatic carbocycles. The molecule has 1 fully saturated rings. The molecule has 4 nitrogen and oxygen atoms in total. The molecular formula is C8H14O4. The van der Waals surface area contributed by atoms with Crippen LogP contribution in [0.2, 0.25) is 0 Å². The molecular weight excluding hydrogens is 160 g/mol. The zero-order chi connectivity index (χ0) is 8.97. The van der Waals surface area contributed by atoms with Crippen LogP contribution in [-0.2, 0) is 14.3 Å². The van der Waals surface area contributed by atoms with Crippen LogP contribution in [-0.4, -0.2) is 37.5 Å². The summed E-state index contributed by atoms with van der Waals surface area (Å²) in [6.45, 7) is 0.959. The molecule has 0 bridgehead atoms. The van der Waals surface area contributed by atoms with E-state index < -0.39 is 6.10 Å². The fourth-order valence-corrected chi connectivity index (χ4v) is 1.30. The third kappa shape index (κ3) is 2.46. The van der Waals surface area contributed by atoms with Gasteiger partial charge in [-0.05, 0) is 12.3 Å². The lowest BCUT2D eigenvalue weighted by Crippen LogP contribution is -2.33. The van der Waals surface area contributed by atoms with Gasteiger partial charge in [-0.2, -0.15) is 0 Å². The van der Waals surface area contributed by atoms with Crippen LogP contribution in [0.3, 0.4) is 0 Å². The Kier molecular flexibility index (Phi) is 3.49. The van der Waals surface area contributed by atoms with Gasteiger partial charge in [0.25, 0.3) is 0 Å². The first-order valence-electron chi connectivity index (χ1n) is 4.06. The van der Waals surface area contributed by atoms with Gasteiger partial charge in [0.2, 0.25) is 0 Å². The van der Waals surface area contributed by atoms with Crippen LogP contribution in [0, 0.1) is 5.92 Å². The zero-order valence-electron chi connectivity index (χ0n) is 7.16. The van der Waals surface area contributed by atoms with Gasteiger partial charge in [-0.15, -0.1) is 0 Å². The second kappa shape index (κ2) is 4.42. The van der Waals surface area contributed by atoms with E-state index >= 15 is 0 Å². The van der Waals surface area contributed by atoms with Gasteiger partial charge in [0, 0.05) is 6.61 Å². The predicted molar refractivity (Wildman–Crippen MR) is 41.6 cm³/mol. The number of hydrogen-bond acceptors (Lipinski definition) is 4. The third-order valence-corrected chi connectivity index (χ3v) is 2.12. The van der Waals surface area contributed by atoms with Crippen molar-refractivity contribution in [3.8, 4) is 0 Å². The van der Waals surface area contributed by atoms with E-state index in [1.54, 1.807) is 0 Å². The molecule has 0 radical (unpaired) electrons. The molecule has 1 rings (SSSR count). The molecule has 0 amide bonds. The molecule has 1 aliphatic rings. The molecule has 0 aromatic carbocycles. The predicted octanol–water partition coefficient (Wildman–Crippen LogP) is -0.0531. The van der Waals surface area contributed by atoms with Gasteiger partial charge in [0.1, 0.15) is 0 Å². The Balaban J connectivity index is 2.33. The molecule has 0 aromatic heterocycles. The number of aliphatic hydroxyl groups excluding tert-OH is 1. The van der Waals surface area contributed by atoms with E-state index in [4.69, 9.17) is 4.74 Å². The number of esters is 1. The zero-order valence-corrected chi connectivity index (χ0v) is 7.16. The molecule has 70 valence electrons. The largest absolute Gasteiger partial charge is 0.469 e. The SMILES string of the molecule is COC(=O)C[C@H]1CCOC[C@@H]1O. The summed E-state index contributed by atoms with van der Waals surface area (Å²) in [5.74, 6) is -0.257. The van der Waals surface area contributed by atoms with Crippen molar-refractivity contribution in [1.82, 2.24) is 0 Å². The maximum atomic E-state index is 10.9. The van der Waals surface area contributed by atoms with Crippen molar-refractivity contribution in [3.05, 3.63) is 0 Å². The van der Waals surface area contributed by atoms with Crippen LogP contribution in [0.15, 0.2) is 0 Å². The van der Waals surface area contributed by atoms with Gasteiger partial charge in [0.05, 0.1) is 26.2 Å². The molecule has 2 atom stereocenters. The van der Waals surface area contributed by atoms with Gasteiger partial charge >= 0.3 is 5.97 Å². The lowest BCUT2D eigenvalue weighted by Gasteiger charge is -2.26. The lowest BCUT2D eigenvalue weighted by molar-refractivity contribution is -0.144. The maximum Gasteiger partial charge on any atom is 0.305 e. The van der Waals surface area contributed by atoms with Crippen molar-refractivity contribution < 1.29 is 19.4 Å². The summed E-state index contributed by atoms with van der Waals surface area (Å²) in [6.07, 6.45) is 0.509. The number of hydrogen-bond donors (Lipinski definition) is 1. The Labute approximate surface area is 71.5 Å². The molecule has 1 aliphatic heterocycles. The van der Waals surface area contributed by atoms with E-state index in [1.807, 2.05) is 0 Å². The van der Waals surface area contributed by atoms with Gasteiger partial charge in [-0.3, -0.25) is 4.79 Å². The van der Waals surface area contributed by atoms with Gasteiger partial charge in [-0.25, -0.2) is 0 Å². The molecule has 12 heavy (non-hydrogen) atoms. The third-order valence-electron chi connectivity index (χ3n) is 2.12. The monoisotopic (exact) mass is 174 g/mol. The number of ether oxygens (including phenoxy) is 2. The lowest BCUT2D eigenvalue weighted by atomic mass is 9.94. The van der Waals surface area contributed by atoms with Crippen LogP contribution < -0.4 is 0 Å². The van der Waals surface area contributed by atoms with Crippen molar-refractivity contribution in [2.45, 2.75) is 18.9 Å². The molecule has 1 saturated heterocycles. The van der Waals surface area contributed by atoms with E-state index in [1.165, 1.54) is 7.11 Å². The molecule has 0 spiro atoms. The summed E-state index contributed by atoms with van der Waals surface area (Å²) in [6, 6.07) is 0. The summed E-state index contributed by atoms with van der Waals surface area (Å²) in [7, 11) is 1.36. The summed E-state index contributed by atoms with van der Waals surface area (Å²) in [4.78, 5) is 10.9. The summed E-state index contributed by atoms with van der Waals surface area (Å²) >= 11 is 0. The van der Waals surface area contributed by atoms with E-state index in [-0.39, 0.29) is 11.9 Å². The quantitative estimate of drug-likeness (QED) is 0.596. The molecule has 0 saturated carbocycles. The number of carbonyl (C=O) groups excluding carboxylic acids is 1. The average Bonchev–Trinajstić information content (AvgIpc) is 2.09. The minimum absolute atomic E-state index is 0.00574. The highest BCUT2D eigenvalue weighted by atomic mass is 16.5. The van der Waals surface area contributed by atoms with Gasteiger partial charge < -0.3 is 14.6 Å². The Hall–Kier alpha value is -0.610.